The van der Waals surface area contributed by atoms with Crippen LogP contribution in [0.15, 0.2) is 109 Å². The van der Waals surface area contributed by atoms with Crippen LogP contribution < -0.4 is 9.39 Å². The average Bonchev–Trinajstić information content (AvgIpc) is 3.23. The van der Waals surface area contributed by atoms with Gasteiger partial charge in [-0.25, -0.2) is 0 Å². The molecule has 5 aromatic carbocycles. The number of hydrogen-bond acceptors (Lipinski definition) is 4. The fraction of sp³-hybridized carbons (Fsp3) is 0.0312. The van der Waals surface area contributed by atoms with Crippen molar-refractivity contribution in [2.75, 3.05) is 0 Å². The molecule has 0 aromatic heterocycles. The minimum Gasteiger partial charge on any atom is -0.537 e. The predicted octanol–water partition coefficient (Wildman–Crippen LogP) is 6.60. The molecule has 1 aliphatic heterocycles. The number of benzene rings is 5. The number of nitriles is 1. The Labute approximate surface area is 215 Å². The van der Waals surface area contributed by atoms with Crippen LogP contribution in [0, 0.1) is 11.3 Å². The minimum atomic E-state index is -0.631. The Kier molecular flexibility index (Phi) is 4.72. The van der Waals surface area contributed by atoms with Crippen molar-refractivity contribution in [1.82, 2.24) is 0 Å². The fourth-order valence-corrected chi connectivity index (χ4v) is 5.93. The highest BCUT2D eigenvalue weighted by Gasteiger charge is 2.51. The van der Waals surface area contributed by atoms with Gasteiger partial charge in [-0.05, 0) is 75.8 Å². The minimum absolute atomic E-state index is 0.563. The summed E-state index contributed by atoms with van der Waals surface area (Å²) in [6, 6.07) is 38.9. The van der Waals surface area contributed by atoms with Gasteiger partial charge in [-0.3, -0.25) is 0 Å². The van der Waals surface area contributed by atoms with E-state index in [-0.39, 0.29) is 0 Å². The third kappa shape index (κ3) is 3.00. The highest BCUT2D eigenvalue weighted by atomic mass is 16.5. The van der Waals surface area contributed by atoms with Gasteiger partial charge in [0.1, 0.15) is 17.2 Å². The van der Waals surface area contributed by atoms with Crippen LogP contribution in [0.3, 0.4) is 0 Å². The standard InChI is InChI=1S/C32H19BNO3/c34-19-20-9-15-24-25-16-12-22(21-10-13-23(14-11-21)37-33-35)18-29(25)32(28(24)17-20)26-5-1-3-7-30(26)36-31-8-4-2-6-27(31)32/h1-18,35H. The topological polar surface area (TPSA) is 62.5 Å². The molecule has 4 nitrogen and oxygen atoms in total. The number of ether oxygens (including phenoxy) is 1. The molecule has 5 heteroatoms. The largest absolute Gasteiger partial charge is 0.569 e. The van der Waals surface area contributed by atoms with Crippen molar-refractivity contribution in [2.24, 2.45) is 0 Å². The van der Waals surface area contributed by atoms with Gasteiger partial charge in [-0.1, -0.05) is 66.7 Å². The van der Waals surface area contributed by atoms with Crippen LogP contribution in [0.5, 0.6) is 17.2 Å². The Morgan fingerprint density at radius 2 is 1.27 bits per heavy atom. The molecule has 0 amide bonds. The lowest BCUT2D eigenvalue weighted by molar-refractivity contribution is 0.436. The van der Waals surface area contributed by atoms with Gasteiger partial charge >= 0.3 is 7.69 Å². The van der Waals surface area contributed by atoms with Gasteiger partial charge < -0.3 is 14.4 Å². The van der Waals surface area contributed by atoms with Crippen molar-refractivity contribution in [1.29, 1.82) is 5.26 Å². The van der Waals surface area contributed by atoms with E-state index in [9.17, 15) is 5.26 Å². The second-order valence-electron chi connectivity index (χ2n) is 9.22. The molecule has 1 aliphatic carbocycles. The van der Waals surface area contributed by atoms with E-state index in [1.807, 2.05) is 72.8 Å². The summed E-state index contributed by atoms with van der Waals surface area (Å²) in [5, 5.41) is 18.8. The summed E-state index contributed by atoms with van der Waals surface area (Å²) >= 11 is 0. The number of hydrogen-bond donors (Lipinski definition) is 1. The molecule has 0 unspecified atom stereocenters. The summed E-state index contributed by atoms with van der Waals surface area (Å²) in [6.07, 6.45) is 0. The zero-order valence-electron chi connectivity index (χ0n) is 19.7. The van der Waals surface area contributed by atoms with Crippen LogP contribution in [0.4, 0.5) is 0 Å². The Hall–Kier alpha value is -4.79. The summed E-state index contributed by atoms with van der Waals surface area (Å²) < 4.78 is 11.5. The van der Waals surface area contributed by atoms with Crippen LogP contribution in [0.1, 0.15) is 27.8 Å². The van der Waals surface area contributed by atoms with Crippen LogP contribution in [0.25, 0.3) is 22.3 Å². The van der Waals surface area contributed by atoms with E-state index in [2.05, 4.69) is 42.5 Å². The number of para-hydroxylation sites is 2. The second-order valence-corrected chi connectivity index (χ2v) is 9.22. The van der Waals surface area contributed by atoms with E-state index in [4.69, 9.17) is 14.4 Å². The zero-order chi connectivity index (χ0) is 25.0. The molecule has 1 heterocycles. The Morgan fingerprint density at radius 3 is 1.92 bits per heavy atom. The molecule has 37 heavy (non-hydrogen) atoms. The van der Waals surface area contributed by atoms with Gasteiger partial charge in [0, 0.05) is 11.1 Å². The van der Waals surface area contributed by atoms with E-state index in [0.717, 1.165) is 56.0 Å². The first-order chi connectivity index (χ1) is 18.2. The summed E-state index contributed by atoms with van der Waals surface area (Å²) in [6.45, 7) is 0. The molecule has 0 fully saturated rings. The lowest BCUT2D eigenvalue weighted by atomic mass is 9.65. The molecule has 173 valence electrons. The van der Waals surface area contributed by atoms with Crippen molar-refractivity contribution >= 4 is 7.69 Å². The van der Waals surface area contributed by atoms with E-state index in [0.29, 0.717) is 19.0 Å². The van der Waals surface area contributed by atoms with Gasteiger partial charge in [-0.2, -0.15) is 5.26 Å². The van der Waals surface area contributed by atoms with Gasteiger partial charge in [0.15, 0.2) is 0 Å². The maximum absolute atomic E-state index is 9.81. The molecule has 1 spiro atoms. The maximum atomic E-state index is 9.81. The second kappa shape index (κ2) is 8.13. The summed E-state index contributed by atoms with van der Waals surface area (Å²) in [7, 11) is 0.681. The lowest BCUT2D eigenvalue weighted by Crippen LogP contribution is -2.32. The molecule has 7 rings (SSSR count). The van der Waals surface area contributed by atoms with Crippen molar-refractivity contribution in [3.05, 3.63) is 137 Å². The van der Waals surface area contributed by atoms with Crippen molar-refractivity contribution in [3.8, 4) is 45.6 Å². The number of rotatable bonds is 3. The Balaban J connectivity index is 1.56. The SMILES string of the molecule is N#Cc1ccc2c(c1)C1(c3ccccc3Oc3ccccc31)c1cc(-c3ccc(O[B]O)cc3)ccc1-2. The molecule has 0 saturated carbocycles. The number of nitrogens with zero attached hydrogens (tertiary/aromatic N) is 1. The molecule has 5 aromatic rings. The van der Waals surface area contributed by atoms with Crippen LogP contribution in [-0.2, 0) is 5.41 Å². The van der Waals surface area contributed by atoms with E-state index in [1.165, 1.54) is 0 Å². The summed E-state index contributed by atoms with van der Waals surface area (Å²) in [5.74, 6) is 2.19. The molecule has 1 N–H and O–H groups in total. The quantitative estimate of drug-likeness (QED) is 0.292. The first-order valence-electron chi connectivity index (χ1n) is 12.0. The highest BCUT2D eigenvalue weighted by molar-refractivity contribution is 6.17. The summed E-state index contributed by atoms with van der Waals surface area (Å²) in [5.41, 5.74) is 8.71. The van der Waals surface area contributed by atoms with Crippen LogP contribution in [0.2, 0.25) is 0 Å². The Bertz CT molecular complexity index is 1690. The van der Waals surface area contributed by atoms with Crippen molar-refractivity contribution < 1.29 is 14.4 Å². The first-order valence-corrected chi connectivity index (χ1v) is 12.0. The molecule has 0 bridgehead atoms. The average molecular weight is 476 g/mol. The van der Waals surface area contributed by atoms with Gasteiger partial charge in [-0.15, -0.1) is 0 Å². The van der Waals surface area contributed by atoms with Crippen molar-refractivity contribution in [3.63, 3.8) is 0 Å². The monoisotopic (exact) mass is 476 g/mol. The molecule has 1 radical (unpaired) electrons. The lowest BCUT2D eigenvalue weighted by Gasteiger charge is -2.39. The van der Waals surface area contributed by atoms with Crippen LogP contribution >= 0.6 is 0 Å². The Morgan fingerprint density at radius 1 is 0.676 bits per heavy atom. The first kappa shape index (κ1) is 21.5. The normalized spacial score (nSPS) is 13.4. The highest BCUT2D eigenvalue weighted by Crippen LogP contribution is 2.62. The molecular weight excluding hydrogens is 457 g/mol. The van der Waals surface area contributed by atoms with E-state index in [1.54, 1.807) is 0 Å². The third-order valence-corrected chi connectivity index (χ3v) is 7.44. The number of fused-ring (bicyclic) bond motifs is 9. The van der Waals surface area contributed by atoms with Crippen molar-refractivity contribution in [2.45, 2.75) is 5.41 Å². The van der Waals surface area contributed by atoms with Gasteiger partial charge in [0.05, 0.1) is 17.0 Å². The summed E-state index contributed by atoms with van der Waals surface area (Å²) in [4.78, 5) is 0. The maximum Gasteiger partial charge on any atom is 0.569 e. The van der Waals surface area contributed by atoms with Crippen LogP contribution in [-0.4, -0.2) is 12.7 Å². The molecule has 0 saturated heterocycles. The molecule has 0 atom stereocenters. The smallest absolute Gasteiger partial charge is 0.537 e. The van der Waals surface area contributed by atoms with E-state index >= 15 is 0 Å². The predicted molar refractivity (Wildman–Crippen MR) is 143 cm³/mol. The zero-order valence-corrected chi connectivity index (χ0v) is 19.7. The van der Waals surface area contributed by atoms with Gasteiger partial charge in [0.2, 0.25) is 0 Å². The fourth-order valence-electron chi connectivity index (χ4n) is 5.93. The van der Waals surface area contributed by atoms with Gasteiger partial charge in [0.25, 0.3) is 0 Å². The molecule has 2 aliphatic rings. The third-order valence-electron chi connectivity index (χ3n) is 7.44. The van der Waals surface area contributed by atoms with E-state index < -0.39 is 5.41 Å². The molecular formula is C32H19BNO3.